The van der Waals surface area contributed by atoms with Gasteiger partial charge in [-0.2, -0.15) is 0 Å². The van der Waals surface area contributed by atoms with Gasteiger partial charge in [-0.3, -0.25) is 10.1 Å². The van der Waals surface area contributed by atoms with E-state index in [0.717, 1.165) is 19.4 Å². The fourth-order valence-corrected chi connectivity index (χ4v) is 2.03. The molecule has 0 heterocycles. The summed E-state index contributed by atoms with van der Waals surface area (Å²) < 4.78 is 4.92. The Morgan fingerprint density at radius 3 is 2.33 bits per heavy atom. The van der Waals surface area contributed by atoms with Gasteiger partial charge in [-0.1, -0.05) is 6.92 Å². The molecule has 0 aliphatic heterocycles. The van der Waals surface area contributed by atoms with Gasteiger partial charge < -0.3 is 9.64 Å². The molecule has 4 nitrogen and oxygen atoms in total. The molecule has 0 aromatic rings. The highest BCUT2D eigenvalue weighted by Gasteiger charge is 2.34. The Hall–Kier alpha value is -0.610. The van der Waals surface area contributed by atoms with E-state index in [1.165, 1.54) is 7.11 Å². The van der Waals surface area contributed by atoms with Crippen molar-refractivity contribution in [3.63, 3.8) is 0 Å². The number of esters is 1. The first-order chi connectivity index (χ1) is 8.26. The summed E-state index contributed by atoms with van der Waals surface area (Å²) in [6.45, 7) is 11.3. The number of hydrogen-bond donors (Lipinski definition) is 1. The van der Waals surface area contributed by atoms with Gasteiger partial charge in [-0.15, -0.1) is 0 Å². The zero-order valence-electron chi connectivity index (χ0n) is 13.0. The fraction of sp³-hybridized carbons (Fsp3) is 0.929. The van der Waals surface area contributed by atoms with Gasteiger partial charge in [0.2, 0.25) is 0 Å². The maximum absolute atomic E-state index is 11.9. The molecular weight excluding hydrogens is 228 g/mol. The summed E-state index contributed by atoms with van der Waals surface area (Å²) in [5.41, 5.74) is -0.607. The van der Waals surface area contributed by atoms with E-state index in [0.29, 0.717) is 6.04 Å². The molecular formula is C14H30N2O2. The highest BCUT2D eigenvalue weighted by Crippen LogP contribution is 2.15. The van der Waals surface area contributed by atoms with Crippen LogP contribution in [0.25, 0.3) is 0 Å². The molecule has 2 unspecified atom stereocenters. The van der Waals surface area contributed by atoms with Crippen molar-refractivity contribution in [2.75, 3.05) is 20.7 Å². The number of hydrogen-bond acceptors (Lipinski definition) is 4. The quantitative estimate of drug-likeness (QED) is 0.677. The molecule has 0 rings (SSSR count). The topological polar surface area (TPSA) is 41.6 Å². The average Bonchev–Trinajstić information content (AvgIpc) is 2.32. The van der Waals surface area contributed by atoms with E-state index in [4.69, 9.17) is 4.74 Å². The number of ether oxygens (including phenoxy) is 1. The summed E-state index contributed by atoms with van der Waals surface area (Å²) in [6.07, 6.45) is 1.86. The van der Waals surface area contributed by atoms with Gasteiger partial charge in [0, 0.05) is 18.6 Å². The van der Waals surface area contributed by atoms with Crippen LogP contribution >= 0.6 is 0 Å². The Morgan fingerprint density at radius 2 is 1.94 bits per heavy atom. The van der Waals surface area contributed by atoms with Gasteiger partial charge in [-0.05, 0) is 47.6 Å². The number of carbonyl (C=O) groups excluding carboxylic acids is 1. The van der Waals surface area contributed by atoms with E-state index >= 15 is 0 Å². The summed E-state index contributed by atoms with van der Waals surface area (Å²) in [6, 6.07) is 0.786. The molecule has 0 fully saturated rings. The van der Waals surface area contributed by atoms with Gasteiger partial charge in [0.25, 0.3) is 0 Å². The molecule has 0 spiro atoms. The molecule has 0 aliphatic carbocycles. The van der Waals surface area contributed by atoms with Crippen LogP contribution in [0.1, 0.15) is 47.5 Å². The van der Waals surface area contributed by atoms with Crippen molar-refractivity contribution in [1.29, 1.82) is 0 Å². The second kappa shape index (κ2) is 7.74. The van der Waals surface area contributed by atoms with Crippen LogP contribution in [-0.4, -0.2) is 49.2 Å². The predicted molar refractivity (Wildman–Crippen MR) is 75.7 cm³/mol. The van der Waals surface area contributed by atoms with E-state index in [1.54, 1.807) is 0 Å². The van der Waals surface area contributed by atoms with Crippen molar-refractivity contribution in [1.82, 2.24) is 10.2 Å². The molecule has 2 atom stereocenters. The van der Waals surface area contributed by atoms with Gasteiger partial charge in [0.15, 0.2) is 0 Å². The van der Waals surface area contributed by atoms with Crippen LogP contribution in [0.5, 0.6) is 0 Å². The lowest BCUT2D eigenvalue weighted by Gasteiger charge is -2.33. The average molecular weight is 258 g/mol. The van der Waals surface area contributed by atoms with Crippen LogP contribution in [0.2, 0.25) is 0 Å². The van der Waals surface area contributed by atoms with Crippen molar-refractivity contribution in [3.8, 4) is 0 Å². The Labute approximate surface area is 112 Å². The number of rotatable bonds is 8. The van der Waals surface area contributed by atoms with Crippen LogP contribution in [0, 0.1) is 0 Å². The van der Waals surface area contributed by atoms with Gasteiger partial charge in [-0.25, -0.2) is 0 Å². The van der Waals surface area contributed by atoms with Crippen LogP contribution < -0.4 is 5.32 Å². The van der Waals surface area contributed by atoms with Gasteiger partial charge >= 0.3 is 5.97 Å². The lowest BCUT2D eigenvalue weighted by Crippen LogP contribution is -2.54. The predicted octanol–water partition coefficient (Wildman–Crippen LogP) is 2.04. The number of nitrogens with one attached hydrogen (secondary N) is 1. The molecule has 18 heavy (non-hydrogen) atoms. The second-order valence-electron chi connectivity index (χ2n) is 5.61. The number of methoxy groups -OCH3 is 1. The zero-order valence-corrected chi connectivity index (χ0v) is 13.0. The van der Waals surface area contributed by atoms with Gasteiger partial charge in [0.1, 0.15) is 5.54 Å². The molecule has 0 aromatic carbocycles. The lowest BCUT2D eigenvalue weighted by atomic mass is 9.96. The minimum atomic E-state index is -0.607. The molecule has 4 heteroatoms. The summed E-state index contributed by atoms with van der Waals surface area (Å²) in [5.74, 6) is -0.186. The van der Waals surface area contributed by atoms with Crippen molar-refractivity contribution in [2.24, 2.45) is 0 Å². The highest BCUT2D eigenvalue weighted by molar-refractivity contribution is 5.80. The maximum atomic E-state index is 11.9. The second-order valence-corrected chi connectivity index (χ2v) is 5.61. The molecule has 0 aliphatic rings. The third-order valence-corrected chi connectivity index (χ3v) is 3.55. The zero-order chi connectivity index (χ0) is 14.3. The van der Waals surface area contributed by atoms with E-state index in [2.05, 4.69) is 31.1 Å². The highest BCUT2D eigenvalue weighted by atomic mass is 16.5. The molecule has 0 bridgehead atoms. The summed E-state index contributed by atoms with van der Waals surface area (Å²) >= 11 is 0. The SMILES string of the molecule is CCC(C)N(C)CCC(C)(NC(C)C)C(=O)OC. The lowest BCUT2D eigenvalue weighted by molar-refractivity contribution is -0.148. The van der Waals surface area contributed by atoms with Crippen molar-refractivity contribution < 1.29 is 9.53 Å². The summed E-state index contributed by atoms with van der Waals surface area (Å²) in [7, 11) is 3.54. The van der Waals surface area contributed by atoms with Crippen molar-refractivity contribution in [2.45, 2.75) is 65.1 Å². The molecule has 1 N–H and O–H groups in total. The number of carbonyl (C=O) groups is 1. The molecule has 0 saturated heterocycles. The van der Waals surface area contributed by atoms with Crippen LogP contribution in [0.15, 0.2) is 0 Å². The maximum Gasteiger partial charge on any atom is 0.325 e. The Bertz CT molecular complexity index is 256. The van der Waals surface area contributed by atoms with Crippen molar-refractivity contribution >= 4 is 5.97 Å². The molecule has 0 aromatic heterocycles. The molecule has 0 radical (unpaired) electrons. The first-order valence-electron chi connectivity index (χ1n) is 6.83. The Kier molecular flexibility index (Phi) is 7.48. The van der Waals surface area contributed by atoms with Crippen LogP contribution in [0.3, 0.4) is 0 Å². The minimum Gasteiger partial charge on any atom is -0.468 e. The largest absolute Gasteiger partial charge is 0.468 e. The number of nitrogens with zero attached hydrogens (tertiary/aromatic N) is 1. The smallest absolute Gasteiger partial charge is 0.325 e. The molecule has 0 amide bonds. The molecule has 0 saturated carbocycles. The fourth-order valence-electron chi connectivity index (χ4n) is 2.03. The minimum absolute atomic E-state index is 0.186. The van der Waals surface area contributed by atoms with Crippen molar-refractivity contribution in [3.05, 3.63) is 0 Å². The Morgan fingerprint density at radius 1 is 1.39 bits per heavy atom. The third-order valence-electron chi connectivity index (χ3n) is 3.55. The first kappa shape index (κ1) is 17.4. The first-order valence-corrected chi connectivity index (χ1v) is 6.83. The van der Waals surface area contributed by atoms with Crippen LogP contribution in [0.4, 0.5) is 0 Å². The summed E-state index contributed by atoms with van der Waals surface area (Å²) in [4.78, 5) is 14.2. The molecule has 108 valence electrons. The van der Waals surface area contributed by atoms with Crippen LogP contribution in [-0.2, 0) is 9.53 Å². The van der Waals surface area contributed by atoms with Gasteiger partial charge in [0.05, 0.1) is 7.11 Å². The monoisotopic (exact) mass is 258 g/mol. The third kappa shape index (κ3) is 5.36. The Balaban J connectivity index is 4.56. The van der Waals surface area contributed by atoms with E-state index < -0.39 is 5.54 Å². The van der Waals surface area contributed by atoms with E-state index in [-0.39, 0.29) is 12.0 Å². The standard InChI is InChI=1S/C14H30N2O2/c1-8-12(4)16(6)10-9-14(5,13(17)18-7)15-11(2)3/h11-12,15H,8-10H2,1-7H3. The summed E-state index contributed by atoms with van der Waals surface area (Å²) in [5, 5.41) is 3.32. The van der Waals surface area contributed by atoms with E-state index in [9.17, 15) is 4.79 Å². The van der Waals surface area contributed by atoms with E-state index in [1.807, 2.05) is 20.8 Å². The normalized spacial score (nSPS) is 16.7.